The summed E-state index contributed by atoms with van der Waals surface area (Å²) in [6, 6.07) is 7.97. The maximum Gasteiger partial charge on any atom is 0.163 e. The van der Waals surface area contributed by atoms with Gasteiger partial charge >= 0.3 is 0 Å². The van der Waals surface area contributed by atoms with Crippen LogP contribution in [0.1, 0.15) is 38.0 Å². The SMILES string of the molecule is CC(=O)Cc1ccc(C2COC(C)(C)O2)cc1. The Bertz CT molecular complexity index is 406. The Labute approximate surface area is 102 Å². The molecule has 0 radical (unpaired) electrons. The molecule has 0 amide bonds. The van der Waals surface area contributed by atoms with Gasteiger partial charge in [0.1, 0.15) is 11.9 Å². The lowest BCUT2D eigenvalue weighted by Crippen LogP contribution is -2.19. The Kier molecular flexibility index (Phi) is 3.31. The quantitative estimate of drug-likeness (QED) is 0.806. The molecular weight excluding hydrogens is 216 g/mol. The van der Waals surface area contributed by atoms with Crippen LogP contribution in [-0.2, 0) is 20.7 Å². The van der Waals surface area contributed by atoms with Gasteiger partial charge in [0, 0.05) is 6.42 Å². The number of carbonyl (C=O) groups excluding carboxylic acids is 1. The van der Waals surface area contributed by atoms with Crippen LogP contribution in [-0.4, -0.2) is 18.2 Å². The van der Waals surface area contributed by atoms with Gasteiger partial charge in [0.05, 0.1) is 6.61 Å². The van der Waals surface area contributed by atoms with Gasteiger partial charge in [0.25, 0.3) is 0 Å². The summed E-state index contributed by atoms with van der Waals surface area (Å²) in [4.78, 5) is 11.0. The average molecular weight is 234 g/mol. The maximum absolute atomic E-state index is 11.0. The first-order valence-corrected chi connectivity index (χ1v) is 5.86. The molecule has 1 aliphatic heterocycles. The Balaban J connectivity index is 2.06. The van der Waals surface area contributed by atoms with Gasteiger partial charge < -0.3 is 9.47 Å². The summed E-state index contributed by atoms with van der Waals surface area (Å²) in [6.07, 6.45) is 0.490. The molecule has 2 rings (SSSR count). The van der Waals surface area contributed by atoms with Crippen molar-refractivity contribution in [2.75, 3.05) is 6.61 Å². The molecule has 1 unspecified atom stereocenters. The van der Waals surface area contributed by atoms with Gasteiger partial charge in [-0.3, -0.25) is 4.79 Å². The van der Waals surface area contributed by atoms with Crippen LogP contribution in [0, 0.1) is 0 Å². The normalized spacial score (nSPS) is 22.6. The minimum Gasteiger partial charge on any atom is -0.347 e. The van der Waals surface area contributed by atoms with Gasteiger partial charge in [-0.1, -0.05) is 24.3 Å². The van der Waals surface area contributed by atoms with Gasteiger partial charge in [0.15, 0.2) is 5.79 Å². The summed E-state index contributed by atoms with van der Waals surface area (Å²) >= 11 is 0. The van der Waals surface area contributed by atoms with Crippen molar-refractivity contribution in [1.29, 1.82) is 0 Å². The highest BCUT2D eigenvalue weighted by molar-refractivity contribution is 5.78. The van der Waals surface area contributed by atoms with Gasteiger partial charge in [0.2, 0.25) is 0 Å². The molecule has 1 aliphatic rings. The predicted molar refractivity (Wildman–Crippen MR) is 64.7 cm³/mol. The smallest absolute Gasteiger partial charge is 0.163 e. The number of carbonyl (C=O) groups is 1. The third kappa shape index (κ3) is 3.14. The molecule has 0 bridgehead atoms. The molecule has 0 saturated carbocycles. The molecule has 0 aromatic heterocycles. The summed E-state index contributed by atoms with van der Waals surface area (Å²) in [5.41, 5.74) is 2.14. The third-order valence-corrected chi connectivity index (χ3v) is 2.81. The van der Waals surface area contributed by atoms with Crippen LogP contribution >= 0.6 is 0 Å². The standard InChI is InChI=1S/C14H18O3/c1-10(15)8-11-4-6-12(7-5-11)13-9-16-14(2,3)17-13/h4-7,13H,8-9H2,1-3H3. The Hall–Kier alpha value is -1.19. The van der Waals surface area contributed by atoms with E-state index in [4.69, 9.17) is 9.47 Å². The van der Waals surface area contributed by atoms with Crippen molar-refractivity contribution >= 4 is 5.78 Å². The van der Waals surface area contributed by atoms with E-state index < -0.39 is 5.79 Å². The third-order valence-electron chi connectivity index (χ3n) is 2.81. The summed E-state index contributed by atoms with van der Waals surface area (Å²) in [6.45, 7) is 6.01. The molecule has 1 saturated heterocycles. The summed E-state index contributed by atoms with van der Waals surface area (Å²) in [7, 11) is 0. The molecule has 1 aromatic carbocycles. The van der Waals surface area contributed by atoms with E-state index in [0.717, 1.165) is 11.1 Å². The highest BCUT2D eigenvalue weighted by Crippen LogP contribution is 2.32. The van der Waals surface area contributed by atoms with Crippen molar-refractivity contribution in [3.63, 3.8) is 0 Å². The monoisotopic (exact) mass is 234 g/mol. The van der Waals surface area contributed by atoms with E-state index in [0.29, 0.717) is 13.0 Å². The number of hydrogen-bond acceptors (Lipinski definition) is 3. The van der Waals surface area contributed by atoms with Crippen molar-refractivity contribution in [3.05, 3.63) is 35.4 Å². The zero-order valence-electron chi connectivity index (χ0n) is 10.5. The first-order chi connectivity index (χ1) is 7.96. The fourth-order valence-corrected chi connectivity index (χ4v) is 1.99. The van der Waals surface area contributed by atoms with Crippen LogP contribution in [0.15, 0.2) is 24.3 Å². The topological polar surface area (TPSA) is 35.5 Å². The summed E-state index contributed by atoms with van der Waals surface area (Å²) in [5.74, 6) is -0.317. The second kappa shape index (κ2) is 4.59. The van der Waals surface area contributed by atoms with Gasteiger partial charge in [-0.2, -0.15) is 0 Å². The minimum absolute atomic E-state index is 0.00335. The van der Waals surface area contributed by atoms with Crippen LogP contribution in [0.2, 0.25) is 0 Å². The number of ether oxygens (including phenoxy) is 2. The lowest BCUT2D eigenvalue weighted by Gasteiger charge is -2.17. The maximum atomic E-state index is 11.0. The fourth-order valence-electron chi connectivity index (χ4n) is 1.99. The molecule has 3 heteroatoms. The molecule has 0 spiro atoms. The summed E-state index contributed by atoms with van der Waals surface area (Å²) in [5, 5.41) is 0. The van der Waals surface area contributed by atoms with E-state index in [1.165, 1.54) is 0 Å². The fraction of sp³-hybridized carbons (Fsp3) is 0.500. The highest BCUT2D eigenvalue weighted by atomic mass is 16.7. The van der Waals surface area contributed by atoms with Crippen molar-refractivity contribution in [2.24, 2.45) is 0 Å². The molecule has 0 aliphatic carbocycles. The van der Waals surface area contributed by atoms with Crippen LogP contribution in [0.5, 0.6) is 0 Å². The van der Waals surface area contributed by atoms with Crippen LogP contribution in [0.3, 0.4) is 0 Å². The molecule has 1 fully saturated rings. The van der Waals surface area contributed by atoms with Gasteiger partial charge in [-0.15, -0.1) is 0 Å². The number of hydrogen-bond donors (Lipinski definition) is 0. The van der Waals surface area contributed by atoms with E-state index in [-0.39, 0.29) is 11.9 Å². The van der Waals surface area contributed by atoms with E-state index in [2.05, 4.69) is 0 Å². The lowest BCUT2D eigenvalue weighted by atomic mass is 10.0. The van der Waals surface area contributed by atoms with E-state index >= 15 is 0 Å². The number of Topliss-reactive ketones (excluding diaryl/α,β-unsaturated/α-hetero) is 1. The first-order valence-electron chi connectivity index (χ1n) is 5.86. The number of rotatable bonds is 3. The van der Waals surface area contributed by atoms with Crippen LogP contribution in [0.4, 0.5) is 0 Å². The number of benzene rings is 1. The van der Waals surface area contributed by atoms with Crippen LogP contribution in [0.25, 0.3) is 0 Å². The zero-order valence-corrected chi connectivity index (χ0v) is 10.5. The molecule has 1 aromatic rings. The molecular formula is C14H18O3. The second-order valence-corrected chi connectivity index (χ2v) is 4.94. The molecule has 0 N–H and O–H groups in total. The Morgan fingerprint density at radius 3 is 2.47 bits per heavy atom. The van der Waals surface area contributed by atoms with Crippen molar-refractivity contribution < 1.29 is 14.3 Å². The summed E-state index contributed by atoms with van der Waals surface area (Å²) < 4.78 is 11.3. The molecule has 92 valence electrons. The predicted octanol–water partition coefficient (Wildman–Crippen LogP) is 2.64. The lowest BCUT2D eigenvalue weighted by molar-refractivity contribution is -0.139. The Morgan fingerprint density at radius 1 is 1.35 bits per heavy atom. The van der Waals surface area contributed by atoms with Crippen molar-refractivity contribution in [3.8, 4) is 0 Å². The zero-order chi connectivity index (χ0) is 12.5. The van der Waals surface area contributed by atoms with Crippen molar-refractivity contribution in [1.82, 2.24) is 0 Å². The Morgan fingerprint density at radius 2 is 2.00 bits per heavy atom. The molecule has 1 atom stereocenters. The van der Waals surface area contributed by atoms with E-state index in [9.17, 15) is 4.79 Å². The van der Waals surface area contributed by atoms with E-state index in [1.54, 1.807) is 6.92 Å². The second-order valence-electron chi connectivity index (χ2n) is 4.94. The number of ketones is 1. The van der Waals surface area contributed by atoms with Crippen LogP contribution < -0.4 is 0 Å². The largest absolute Gasteiger partial charge is 0.347 e. The average Bonchev–Trinajstić information content (AvgIpc) is 2.59. The van der Waals surface area contributed by atoms with Crippen molar-refractivity contribution in [2.45, 2.75) is 39.1 Å². The minimum atomic E-state index is -0.497. The molecule has 17 heavy (non-hydrogen) atoms. The van der Waals surface area contributed by atoms with Gasteiger partial charge in [-0.25, -0.2) is 0 Å². The molecule has 3 nitrogen and oxygen atoms in total. The first kappa shape index (κ1) is 12.3. The molecule has 1 heterocycles. The highest BCUT2D eigenvalue weighted by Gasteiger charge is 2.33. The van der Waals surface area contributed by atoms with Gasteiger partial charge in [-0.05, 0) is 31.9 Å². The van der Waals surface area contributed by atoms with E-state index in [1.807, 2.05) is 38.1 Å².